The molecule has 1 atom stereocenters. The summed E-state index contributed by atoms with van der Waals surface area (Å²) in [7, 11) is 0. The van der Waals surface area contributed by atoms with Crippen molar-refractivity contribution in [2.45, 2.75) is 44.8 Å². The third-order valence-corrected chi connectivity index (χ3v) is 5.32. The van der Waals surface area contributed by atoms with Crippen molar-refractivity contribution in [3.8, 4) is 5.69 Å². The molecule has 2 aromatic heterocycles. The second kappa shape index (κ2) is 7.79. The van der Waals surface area contributed by atoms with Crippen LogP contribution in [0.5, 0.6) is 0 Å². The summed E-state index contributed by atoms with van der Waals surface area (Å²) in [5, 5.41) is 7.27. The Morgan fingerprint density at radius 2 is 2.00 bits per heavy atom. The summed E-state index contributed by atoms with van der Waals surface area (Å²) >= 11 is 0. The largest absolute Gasteiger partial charge is 0.433 e. The van der Waals surface area contributed by atoms with E-state index in [4.69, 9.17) is 0 Å². The molecule has 0 spiro atoms. The molecule has 1 aliphatic carbocycles. The molecular formula is C22H20F4N4O. The fraction of sp³-hybridized carbons (Fsp3) is 0.318. The van der Waals surface area contributed by atoms with E-state index in [2.05, 4.69) is 15.4 Å². The first-order chi connectivity index (χ1) is 14.6. The van der Waals surface area contributed by atoms with Gasteiger partial charge in [-0.3, -0.25) is 9.78 Å². The number of halogens is 4. The number of hydrogen-bond acceptors (Lipinski definition) is 3. The highest BCUT2D eigenvalue weighted by Gasteiger charge is 2.33. The second-order valence-electron chi connectivity index (χ2n) is 7.87. The number of benzene rings is 1. The minimum Gasteiger partial charge on any atom is -0.345 e. The number of aryl methyl sites for hydroxylation is 1. The van der Waals surface area contributed by atoms with E-state index in [0.717, 1.165) is 23.4 Å². The van der Waals surface area contributed by atoms with Gasteiger partial charge in [0, 0.05) is 23.5 Å². The van der Waals surface area contributed by atoms with Crippen LogP contribution in [-0.2, 0) is 12.6 Å². The Balaban J connectivity index is 1.57. The molecule has 1 aromatic carbocycles. The van der Waals surface area contributed by atoms with E-state index in [1.54, 1.807) is 12.3 Å². The molecule has 4 rings (SSSR count). The number of carbonyl (C=O) groups is 1. The van der Waals surface area contributed by atoms with Crippen LogP contribution in [0.2, 0.25) is 0 Å². The zero-order chi connectivity index (χ0) is 22.3. The molecule has 1 N–H and O–H groups in total. The third kappa shape index (κ3) is 4.30. The van der Waals surface area contributed by atoms with E-state index < -0.39 is 23.6 Å². The number of nitrogens with zero attached hydrogens (tertiary/aromatic N) is 3. The number of rotatable bonds is 4. The third-order valence-electron chi connectivity index (χ3n) is 5.32. The van der Waals surface area contributed by atoms with E-state index in [9.17, 15) is 22.4 Å². The molecule has 9 heteroatoms. The Hall–Kier alpha value is -3.23. The molecule has 3 aromatic rings. The van der Waals surface area contributed by atoms with E-state index in [-0.39, 0.29) is 23.2 Å². The van der Waals surface area contributed by atoms with Crippen LogP contribution >= 0.6 is 0 Å². The first-order valence-corrected chi connectivity index (χ1v) is 9.85. The van der Waals surface area contributed by atoms with Gasteiger partial charge in [0.15, 0.2) is 0 Å². The lowest BCUT2D eigenvalue weighted by atomic mass is 10.00. The summed E-state index contributed by atoms with van der Waals surface area (Å²) in [5.74, 6) is -0.815. The van der Waals surface area contributed by atoms with Crippen LogP contribution in [0.3, 0.4) is 0 Å². The van der Waals surface area contributed by atoms with Crippen molar-refractivity contribution in [3.63, 3.8) is 0 Å². The minimum absolute atomic E-state index is 0.0699. The average Bonchev–Trinajstić information content (AvgIpc) is 3.29. The number of amides is 1. The maximum absolute atomic E-state index is 13.9. The highest BCUT2D eigenvalue weighted by Crippen LogP contribution is 2.33. The van der Waals surface area contributed by atoms with Crippen molar-refractivity contribution in [3.05, 3.63) is 76.6 Å². The lowest BCUT2D eigenvalue weighted by Gasteiger charge is -2.14. The van der Waals surface area contributed by atoms with Gasteiger partial charge in [-0.15, -0.1) is 0 Å². The van der Waals surface area contributed by atoms with Gasteiger partial charge in [-0.05, 0) is 54.7 Å². The number of nitrogens with one attached hydrogen (secondary N) is 1. The lowest BCUT2D eigenvalue weighted by Crippen LogP contribution is -2.27. The van der Waals surface area contributed by atoms with E-state index in [1.165, 1.54) is 22.9 Å². The maximum Gasteiger partial charge on any atom is 0.433 e. The van der Waals surface area contributed by atoms with Crippen LogP contribution < -0.4 is 5.32 Å². The molecule has 0 radical (unpaired) electrons. The maximum atomic E-state index is 13.9. The summed E-state index contributed by atoms with van der Waals surface area (Å²) in [4.78, 5) is 16.1. The molecule has 162 valence electrons. The van der Waals surface area contributed by atoms with Gasteiger partial charge < -0.3 is 5.32 Å². The van der Waals surface area contributed by atoms with Crippen LogP contribution in [0.4, 0.5) is 17.6 Å². The van der Waals surface area contributed by atoms with Crippen molar-refractivity contribution in [2.75, 3.05) is 0 Å². The number of fused-ring (bicyclic) bond motifs is 1. The van der Waals surface area contributed by atoms with Gasteiger partial charge in [0.05, 0.1) is 17.4 Å². The zero-order valence-electron chi connectivity index (χ0n) is 16.9. The molecule has 1 aliphatic rings. The smallest absolute Gasteiger partial charge is 0.345 e. The van der Waals surface area contributed by atoms with Gasteiger partial charge >= 0.3 is 6.18 Å². The Bertz CT molecular complexity index is 1140. The number of aromatic nitrogens is 3. The molecule has 1 amide bonds. The van der Waals surface area contributed by atoms with E-state index >= 15 is 0 Å². The molecule has 31 heavy (non-hydrogen) atoms. The van der Waals surface area contributed by atoms with Crippen LogP contribution in [0.15, 0.2) is 42.7 Å². The van der Waals surface area contributed by atoms with Gasteiger partial charge in [-0.2, -0.15) is 18.3 Å². The standard InChI is InChI=1S/C22H20F4N4O/c1-12(2)13-7-14(9-15(23)8-13)21(31)28-18-3-4-19-17(18)11-30(29-19)16-5-6-27-20(10-16)22(24,25)26/h5-12,18H,3-4H2,1-2H3,(H,28,31)/t18-/m0/s1. The number of carbonyl (C=O) groups excluding carboxylic acids is 1. The van der Waals surface area contributed by atoms with Crippen molar-refractivity contribution in [1.82, 2.24) is 20.1 Å². The molecule has 5 nitrogen and oxygen atoms in total. The van der Waals surface area contributed by atoms with Crippen LogP contribution in [0, 0.1) is 5.82 Å². The summed E-state index contributed by atoms with van der Waals surface area (Å²) in [6.07, 6.45) is -0.664. The SMILES string of the molecule is CC(C)c1cc(F)cc(C(=O)N[C@H]2CCc3nn(-c4ccnc(C(F)(F)F)c4)cc32)c1. The normalized spacial score (nSPS) is 15.9. The van der Waals surface area contributed by atoms with Crippen molar-refractivity contribution in [2.24, 2.45) is 0 Å². The molecular weight excluding hydrogens is 412 g/mol. The summed E-state index contributed by atoms with van der Waals surface area (Å²) < 4.78 is 54.1. The first kappa shape index (κ1) is 21.0. The van der Waals surface area contributed by atoms with Gasteiger partial charge in [-0.25, -0.2) is 9.07 Å². The van der Waals surface area contributed by atoms with E-state index in [1.807, 2.05) is 13.8 Å². The van der Waals surface area contributed by atoms with Crippen molar-refractivity contribution < 1.29 is 22.4 Å². The molecule has 0 unspecified atom stereocenters. The Kier molecular flexibility index (Phi) is 5.28. The Morgan fingerprint density at radius 1 is 1.23 bits per heavy atom. The quantitative estimate of drug-likeness (QED) is 0.593. The van der Waals surface area contributed by atoms with E-state index in [0.29, 0.717) is 18.5 Å². The molecule has 2 heterocycles. The van der Waals surface area contributed by atoms with Crippen molar-refractivity contribution in [1.29, 1.82) is 0 Å². The number of hydrogen-bond donors (Lipinski definition) is 1. The van der Waals surface area contributed by atoms with Crippen LogP contribution in [0.25, 0.3) is 5.69 Å². The van der Waals surface area contributed by atoms with Gasteiger partial charge in [0.1, 0.15) is 11.5 Å². The molecule has 0 saturated heterocycles. The van der Waals surface area contributed by atoms with Crippen molar-refractivity contribution >= 4 is 5.91 Å². The Labute approximate surface area is 176 Å². The van der Waals surface area contributed by atoms with Crippen LogP contribution in [0.1, 0.15) is 65.1 Å². The van der Waals surface area contributed by atoms with Crippen LogP contribution in [-0.4, -0.2) is 20.7 Å². The predicted octanol–water partition coefficient (Wildman–Crippen LogP) is 4.97. The average molecular weight is 432 g/mol. The van der Waals surface area contributed by atoms with Gasteiger partial charge in [0.2, 0.25) is 0 Å². The topological polar surface area (TPSA) is 59.8 Å². The molecule has 0 aliphatic heterocycles. The number of pyridine rings is 1. The monoisotopic (exact) mass is 432 g/mol. The summed E-state index contributed by atoms with van der Waals surface area (Å²) in [6.45, 7) is 3.83. The molecule has 0 bridgehead atoms. The second-order valence-corrected chi connectivity index (χ2v) is 7.87. The first-order valence-electron chi connectivity index (χ1n) is 9.85. The Morgan fingerprint density at radius 3 is 2.71 bits per heavy atom. The highest BCUT2D eigenvalue weighted by atomic mass is 19.4. The summed E-state index contributed by atoms with van der Waals surface area (Å²) in [5.41, 5.74) is 1.62. The minimum atomic E-state index is -4.55. The number of alkyl halides is 3. The summed E-state index contributed by atoms with van der Waals surface area (Å²) in [6, 6.07) is 6.27. The van der Waals surface area contributed by atoms with Gasteiger partial charge in [0.25, 0.3) is 5.91 Å². The zero-order valence-corrected chi connectivity index (χ0v) is 16.9. The predicted molar refractivity (Wildman–Crippen MR) is 105 cm³/mol. The lowest BCUT2D eigenvalue weighted by molar-refractivity contribution is -0.141. The van der Waals surface area contributed by atoms with Gasteiger partial charge in [-0.1, -0.05) is 13.8 Å². The highest BCUT2D eigenvalue weighted by molar-refractivity contribution is 5.94. The molecule has 0 fully saturated rings. The molecule has 0 saturated carbocycles. The fourth-order valence-corrected chi connectivity index (χ4v) is 3.66. The fourth-order valence-electron chi connectivity index (χ4n) is 3.66.